The molecule has 0 spiro atoms. The minimum atomic E-state index is -4.79. The Balaban J connectivity index is 2.35. The van der Waals surface area contributed by atoms with E-state index in [9.17, 15) is 21.5 Å². The summed E-state index contributed by atoms with van der Waals surface area (Å²) < 4.78 is 47.6. The highest BCUT2D eigenvalue weighted by atomic mass is 79.9. The molecule has 1 saturated heterocycles. The smallest absolute Gasteiger partial charge is 0.307 e. The van der Waals surface area contributed by atoms with Crippen LogP contribution >= 0.6 is 15.9 Å². The molecule has 1 amide bonds. The Kier molecular flexibility index (Phi) is 3.37. The van der Waals surface area contributed by atoms with Crippen LogP contribution in [0.4, 0.5) is 14.0 Å². The maximum Gasteiger partial charge on any atom is 0.307 e. The fourth-order valence-electron chi connectivity index (χ4n) is 1.70. The minimum Gasteiger partial charge on any atom is -0.308 e. The van der Waals surface area contributed by atoms with Gasteiger partial charge < -0.3 is 4.90 Å². The Labute approximate surface area is 110 Å². The summed E-state index contributed by atoms with van der Waals surface area (Å²) in [6, 6.07) is 1.03. The number of carbonyl (C=O) groups excluding carboxylic acids is 1. The zero-order valence-corrected chi connectivity index (χ0v) is 11.2. The van der Waals surface area contributed by atoms with E-state index in [2.05, 4.69) is 20.9 Å². The van der Waals surface area contributed by atoms with Gasteiger partial charge in [-0.25, -0.2) is 9.37 Å². The van der Waals surface area contributed by atoms with Gasteiger partial charge in [0.15, 0.2) is 0 Å². The normalized spacial score (nSPS) is 20.5. The Hall–Kier alpha value is -1.09. The summed E-state index contributed by atoms with van der Waals surface area (Å²) >= 11 is 3.02. The molecule has 1 atom stereocenters. The SMILES string of the molecule is O=C1CC(S(=O)(=O)F)CN1c1cc(F)cnc1Br. The Morgan fingerprint density at radius 2 is 2.17 bits per heavy atom. The molecule has 98 valence electrons. The number of pyridine rings is 1. The van der Waals surface area contributed by atoms with E-state index < -0.39 is 33.6 Å². The lowest BCUT2D eigenvalue weighted by Gasteiger charge is -2.16. The molecule has 0 aliphatic carbocycles. The van der Waals surface area contributed by atoms with Crippen LogP contribution in [-0.2, 0) is 15.0 Å². The zero-order chi connectivity index (χ0) is 13.5. The third kappa shape index (κ3) is 2.51. The van der Waals surface area contributed by atoms with Crippen LogP contribution in [0.2, 0.25) is 0 Å². The first-order chi connectivity index (χ1) is 8.29. The Bertz CT molecular complexity index is 608. The standard InChI is InChI=1S/C9H7BrF2N2O3S/c10-9-7(1-5(11)3-13-9)14-4-6(2-8(14)15)18(12,16)17/h1,3,6H,2,4H2. The Morgan fingerprint density at radius 1 is 1.50 bits per heavy atom. The highest BCUT2D eigenvalue weighted by Gasteiger charge is 2.39. The largest absolute Gasteiger partial charge is 0.308 e. The lowest BCUT2D eigenvalue weighted by atomic mass is 10.3. The van der Waals surface area contributed by atoms with Crippen molar-refractivity contribution < 1.29 is 21.5 Å². The second kappa shape index (κ2) is 4.54. The van der Waals surface area contributed by atoms with E-state index in [0.717, 1.165) is 17.2 Å². The second-order valence-electron chi connectivity index (χ2n) is 3.77. The van der Waals surface area contributed by atoms with Crippen molar-refractivity contribution in [1.82, 2.24) is 4.98 Å². The summed E-state index contributed by atoms with van der Waals surface area (Å²) in [6.07, 6.45) is 0.485. The van der Waals surface area contributed by atoms with Crippen molar-refractivity contribution in [2.75, 3.05) is 11.4 Å². The first kappa shape index (κ1) is 13.3. The van der Waals surface area contributed by atoms with Crippen LogP contribution in [0.25, 0.3) is 0 Å². The van der Waals surface area contributed by atoms with Crippen LogP contribution in [0.3, 0.4) is 0 Å². The fourth-order valence-corrected chi connectivity index (χ4v) is 2.80. The topological polar surface area (TPSA) is 67.3 Å². The summed E-state index contributed by atoms with van der Waals surface area (Å²) in [5, 5.41) is -1.42. The van der Waals surface area contributed by atoms with E-state index in [1.54, 1.807) is 0 Å². The van der Waals surface area contributed by atoms with Gasteiger partial charge in [-0.15, -0.1) is 3.89 Å². The predicted molar refractivity (Wildman–Crippen MR) is 62.7 cm³/mol. The van der Waals surface area contributed by atoms with Gasteiger partial charge in [-0.3, -0.25) is 4.79 Å². The summed E-state index contributed by atoms with van der Waals surface area (Å²) in [6.45, 7) is -0.346. The van der Waals surface area contributed by atoms with E-state index in [1.165, 1.54) is 0 Å². The van der Waals surface area contributed by atoms with E-state index in [4.69, 9.17) is 0 Å². The number of rotatable bonds is 2. The van der Waals surface area contributed by atoms with E-state index in [0.29, 0.717) is 0 Å². The minimum absolute atomic E-state index is 0.0890. The van der Waals surface area contributed by atoms with E-state index in [-0.39, 0.29) is 16.8 Å². The Morgan fingerprint density at radius 3 is 2.72 bits per heavy atom. The van der Waals surface area contributed by atoms with Crippen molar-refractivity contribution in [3.63, 3.8) is 0 Å². The van der Waals surface area contributed by atoms with Gasteiger partial charge in [0, 0.05) is 19.0 Å². The highest BCUT2D eigenvalue weighted by Crippen LogP contribution is 2.30. The number of hydrogen-bond acceptors (Lipinski definition) is 4. The van der Waals surface area contributed by atoms with Crippen molar-refractivity contribution in [1.29, 1.82) is 0 Å². The molecule has 1 aliphatic heterocycles. The maximum absolute atomic E-state index is 13.0. The molecule has 18 heavy (non-hydrogen) atoms. The number of halogens is 3. The second-order valence-corrected chi connectivity index (χ2v) is 6.14. The van der Waals surface area contributed by atoms with Crippen LogP contribution in [0.1, 0.15) is 6.42 Å². The molecule has 0 aromatic carbocycles. The first-order valence-electron chi connectivity index (χ1n) is 4.84. The van der Waals surface area contributed by atoms with Crippen LogP contribution in [0.15, 0.2) is 16.9 Å². The molecule has 1 fully saturated rings. The lowest BCUT2D eigenvalue weighted by Crippen LogP contribution is -2.27. The molecule has 0 radical (unpaired) electrons. The van der Waals surface area contributed by atoms with Crippen molar-refractivity contribution in [3.8, 4) is 0 Å². The summed E-state index contributed by atoms with van der Waals surface area (Å²) in [4.78, 5) is 16.3. The van der Waals surface area contributed by atoms with Crippen LogP contribution in [0, 0.1) is 5.82 Å². The number of aromatic nitrogens is 1. The highest BCUT2D eigenvalue weighted by molar-refractivity contribution is 9.10. The van der Waals surface area contributed by atoms with E-state index in [1.807, 2.05) is 0 Å². The average molecular weight is 341 g/mol. The summed E-state index contributed by atoms with van der Waals surface area (Å²) in [5.74, 6) is -1.26. The van der Waals surface area contributed by atoms with Gasteiger partial charge in [0.1, 0.15) is 15.7 Å². The molecule has 0 bridgehead atoms. The van der Waals surface area contributed by atoms with Crippen LogP contribution in [-0.4, -0.2) is 31.1 Å². The molecule has 2 rings (SSSR count). The molecule has 1 unspecified atom stereocenters. The first-order valence-corrected chi connectivity index (χ1v) is 7.08. The molecule has 1 aliphatic rings. The zero-order valence-electron chi connectivity index (χ0n) is 8.81. The van der Waals surface area contributed by atoms with Gasteiger partial charge in [-0.05, 0) is 15.9 Å². The molecule has 0 saturated carbocycles. The van der Waals surface area contributed by atoms with Crippen LogP contribution < -0.4 is 4.90 Å². The molecule has 9 heteroatoms. The fraction of sp³-hybridized carbons (Fsp3) is 0.333. The molecule has 1 aromatic rings. The summed E-state index contributed by atoms with van der Waals surface area (Å²) in [7, 11) is -4.79. The lowest BCUT2D eigenvalue weighted by molar-refractivity contribution is -0.117. The van der Waals surface area contributed by atoms with Gasteiger partial charge in [-0.2, -0.15) is 8.42 Å². The molecule has 2 heterocycles. The van der Waals surface area contributed by atoms with E-state index >= 15 is 0 Å². The molecule has 5 nitrogen and oxygen atoms in total. The number of nitrogens with zero attached hydrogens (tertiary/aromatic N) is 2. The average Bonchev–Trinajstić information content (AvgIpc) is 2.64. The third-order valence-corrected chi connectivity index (χ3v) is 4.29. The summed E-state index contributed by atoms with van der Waals surface area (Å²) in [5.41, 5.74) is 0.0890. The van der Waals surface area contributed by atoms with Crippen molar-refractivity contribution >= 4 is 37.7 Å². The van der Waals surface area contributed by atoms with Crippen molar-refractivity contribution in [2.45, 2.75) is 11.7 Å². The van der Waals surface area contributed by atoms with Crippen molar-refractivity contribution in [3.05, 3.63) is 22.7 Å². The van der Waals surface area contributed by atoms with Crippen molar-refractivity contribution in [2.24, 2.45) is 0 Å². The van der Waals surface area contributed by atoms with Crippen LogP contribution in [0.5, 0.6) is 0 Å². The third-order valence-electron chi connectivity index (χ3n) is 2.57. The van der Waals surface area contributed by atoms with Gasteiger partial charge in [-0.1, -0.05) is 0 Å². The quantitative estimate of drug-likeness (QED) is 0.602. The van der Waals surface area contributed by atoms with Gasteiger partial charge in [0.05, 0.1) is 11.9 Å². The number of anilines is 1. The predicted octanol–water partition coefficient (Wildman–Crippen LogP) is 1.39. The van der Waals surface area contributed by atoms with Gasteiger partial charge in [0.25, 0.3) is 0 Å². The number of hydrogen-bond donors (Lipinski definition) is 0. The van der Waals surface area contributed by atoms with Gasteiger partial charge in [0.2, 0.25) is 5.91 Å². The monoisotopic (exact) mass is 340 g/mol. The number of carbonyl (C=O) groups is 1. The molecular weight excluding hydrogens is 334 g/mol. The maximum atomic E-state index is 13.0. The number of amides is 1. The molecular formula is C9H7BrF2N2O3S. The van der Waals surface area contributed by atoms with Gasteiger partial charge >= 0.3 is 10.2 Å². The molecule has 1 aromatic heterocycles. The molecule has 0 N–H and O–H groups in total.